The van der Waals surface area contributed by atoms with E-state index >= 15 is 0 Å². The van der Waals surface area contributed by atoms with Crippen LogP contribution in [0, 0.1) is 0 Å². The molecule has 0 spiro atoms. The first-order valence-electron chi connectivity index (χ1n) is 9.85. The number of carbonyl (C=O) groups is 1. The monoisotopic (exact) mass is 450 g/mol. The molecule has 1 aliphatic rings. The molecule has 9 heteroatoms. The molecule has 30 heavy (non-hydrogen) atoms. The molecule has 0 radical (unpaired) electrons. The van der Waals surface area contributed by atoms with Gasteiger partial charge in [-0.05, 0) is 43.2 Å². The van der Waals surface area contributed by atoms with Crippen molar-refractivity contribution < 1.29 is 22.2 Å². The average molecular weight is 451 g/mol. The standard InChI is InChI=1S/C21H26N2O5S2/c1-3-29(25)19-10-6-5-9-17(19)21(24)22-16-11-12-18(28-2)20(15-16)30(26,27)23-13-7-4-8-14-23/h5-6,9-12,15H,3-4,7-8,13-14H2,1-2H3,(H,22,24)/t29-/m0/s1. The minimum absolute atomic E-state index is 0.0233. The molecule has 1 N–H and O–H groups in total. The fraction of sp³-hybridized carbons (Fsp3) is 0.381. The summed E-state index contributed by atoms with van der Waals surface area (Å²) in [7, 11) is -3.62. The van der Waals surface area contributed by atoms with Crippen LogP contribution in [-0.2, 0) is 20.8 Å². The van der Waals surface area contributed by atoms with Gasteiger partial charge in [0.05, 0.1) is 28.4 Å². The van der Waals surface area contributed by atoms with Crippen LogP contribution < -0.4 is 10.1 Å². The smallest absolute Gasteiger partial charge is 0.256 e. The van der Waals surface area contributed by atoms with Crippen LogP contribution in [0.5, 0.6) is 5.75 Å². The van der Waals surface area contributed by atoms with Crippen LogP contribution in [0.15, 0.2) is 52.3 Å². The summed E-state index contributed by atoms with van der Waals surface area (Å²) in [4.78, 5) is 13.3. The van der Waals surface area contributed by atoms with Crippen LogP contribution in [0.4, 0.5) is 5.69 Å². The highest BCUT2D eigenvalue weighted by Crippen LogP contribution is 2.31. The molecule has 0 aliphatic carbocycles. The molecule has 162 valence electrons. The molecule has 2 aromatic carbocycles. The van der Waals surface area contributed by atoms with E-state index < -0.39 is 26.7 Å². The van der Waals surface area contributed by atoms with Crippen molar-refractivity contribution >= 4 is 32.4 Å². The van der Waals surface area contributed by atoms with Crippen molar-refractivity contribution in [2.75, 3.05) is 31.3 Å². The van der Waals surface area contributed by atoms with Crippen molar-refractivity contribution in [3.63, 3.8) is 0 Å². The summed E-state index contributed by atoms with van der Waals surface area (Å²) in [5.41, 5.74) is 0.627. The molecule has 2 aromatic rings. The van der Waals surface area contributed by atoms with Crippen LogP contribution in [0.1, 0.15) is 36.5 Å². The molecule has 1 saturated heterocycles. The Kier molecular flexibility index (Phi) is 7.27. The maximum absolute atomic E-state index is 13.2. The first-order chi connectivity index (χ1) is 14.4. The Labute approximate surface area is 179 Å². The Balaban J connectivity index is 1.92. The summed E-state index contributed by atoms with van der Waals surface area (Å²) in [5, 5.41) is 2.73. The number of benzene rings is 2. The third-order valence-corrected chi connectivity index (χ3v) is 8.28. The molecule has 1 fully saturated rings. The van der Waals surface area contributed by atoms with Crippen LogP contribution in [0.3, 0.4) is 0 Å². The van der Waals surface area contributed by atoms with E-state index in [1.54, 1.807) is 37.3 Å². The predicted molar refractivity (Wildman–Crippen MR) is 117 cm³/mol. The maximum atomic E-state index is 13.2. The second-order valence-electron chi connectivity index (χ2n) is 6.91. The zero-order chi connectivity index (χ0) is 21.7. The maximum Gasteiger partial charge on any atom is 0.256 e. The van der Waals surface area contributed by atoms with Crippen molar-refractivity contribution in [2.45, 2.75) is 36.0 Å². The van der Waals surface area contributed by atoms with Crippen molar-refractivity contribution in [2.24, 2.45) is 0 Å². The molecular weight excluding hydrogens is 424 g/mol. The third-order valence-electron chi connectivity index (χ3n) is 4.99. The molecule has 1 aliphatic heterocycles. The normalized spacial score (nSPS) is 16.1. The summed E-state index contributed by atoms with van der Waals surface area (Å²) in [6, 6.07) is 11.2. The lowest BCUT2D eigenvalue weighted by Crippen LogP contribution is -2.35. The Hall–Kier alpha value is -2.23. The summed E-state index contributed by atoms with van der Waals surface area (Å²) >= 11 is 0. The fourth-order valence-electron chi connectivity index (χ4n) is 3.41. The van der Waals surface area contributed by atoms with Gasteiger partial charge in [0.25, 0.3) is 5.91 Å². The molecule has 0 aromatic heterocycles. The number of anilines is 1. The van der Waals surface area contributed by atoms with Crippen LogP contribution >= 0.6 is 0 Å². The lowest BCUT2D eigenvalue weighted by molar-refractivity contribution is 0.102. The number of piperidine rings is 1. The van der Waals surface area contributed by atoms with Gasteiger partial charge in [-0.3, -0.25) is 9.00 Å². The van der Waals surface area contributed by atoms with Gasteiger partial charge in [-0.2, -0.15) is 4.31 Å². The van der Waals surface area contributed by atoms with Gasteiger partial charge < -0.3 is 10.1 Å². The van der Waals surface area contributed by atoms with Crippen LogP contribution in [0.2, 0.25) is 0 Å². The number of nitrogens with zero attached hydrogens (tertiary/aromatic N) is 1. The second-order valence-corrected chi connectivity index (χ2v) is 10.5. The SMILES string of the molecule is CC[S@](=O)c1ccccc1C(=O)Nc1ccc(OC)c(S(=O)(=O)N2CCCCC2)c1. The Morgan fingerprint density at radius 1 is 1.13 bits per heavy atom. The van der Waals surface area contributed by atoms with Gasteiger partial charge in [-0.1, -0.05) is 25.5 Å². The predicted octanol–water partition coefficient (Wildman–Crippen LogP) is 3.25. The van der Waals surface area contributed by atoms with Gasteiger partial charge in [0.1, 0.15) is 10.6 Å². The Bertz CT molecular complexity index is 1050. The summed E-state index contributed by atoms with van der Waals surface area (Å²) in [6.45, 7) is 2.72. The molecule has 1 amide bonds. The van der Waals surface area contributed by atoms with Gasteiger partial charge in [0, 0.05) is 24.5 Å². The molecule has 7 nitrogen and oxygen atoms in total. The van der Waals surface area contributed by atoms with E-state index in [-0.39, 0.29) is 10.6 Å². The lowest BCUT2D eigenvalue weighted by Gasteiger charge is -2.26. The van der Waals surface area contributed by atoms with Gasteiger partial charge in [-0.25, -0.2) is 8.42 Å². The van der Waals surface area contributed by atoms with Gasteiger partial charge in [0.15, 0.2) is 0 Å². The number of carbonyl (C=O) groups excluding carboxylic acids is 1. The van der Waals surface area contributed by atoms with Crippen LogP contribution in [-0.4, -0.2) is 48.8 Å². The van der Waals surface area contributed by atoms with E-state index in [4.69, 9.17) is 4.74 Å². The van der Waals surface area contributed by atoms with Gasteiger partial charge in [0.2, 0.25) is 10.0 Å². The molecule has 1 heterocycles. The van der Waals surface area contributed by atoms with Crippen molar-refractivity contribution in [1.82, 2.24) is 4.31 Å². The molecule has 3 rings (SSSR count). The first-order valence-corrected chi connectivity index (χ1v) is 12.6. The lowest BCUT2D eigenvalue weighted by atomic mass is 10.2. The molecule has 1 atom stereocenters. The zero-order valence-corrected chi connectivity index (χ0v) is 18.7. The highest BCUT2D eigenvalue weighted by molar-refractivity contribution is 7.89. The highest BCUT2D eigenvalue weighted by Gasteiger charge is 2.29. The number of hydrogen-bond acceptors (Lipinski definition) is 5. The quantitative estimate of drug-likeness (QED) is 0.699. The topological polar surface area (TPSA) is 92.8 Å². The van der Waals surface area contributed by atoms with E-state index in [1.165, 1.54) is 23.5 Å². The highest BCUT2D eigenvalue weighted by atomic mass is 32.2. The number of nitrogens with one attached hydrogen (secondary N) is 1. The number of amides is 1. The van der Waals surface area contributed by atoms with E-state index in [1.807, 2.05) is 0 Å². The summed E-state index contributed by atoms with van der Waals surface area (Å²) < 4.78 is 45.3. The molecule has 0 unspecified atom stereocenters. The summed E-state index contributed by atoms with van der Waals surface area (Å²) in [5.74, 6) is 0.176. The number of rotatable bonds is 7. The van der Waals surface area contributed by atoms with Crippen molar-refractivity contribution in [3.05, 3.63) is 48.0 Å². The number of methoxy groups -OCH3 is 1. The van der Waals surface area contributed by atoms with Gasteiger partial charge >= 0.3 is 0 Å². The minimum Gasteiger partial charge on any atom is -0.495 e. The first kappa shape index (κ1) is 22.5. The van der Waals surface area contributed by atoms with E-state index in [2.05, 4.69) is 5.32 Å². The van der Waals surface area contributed by atoms with Crippen molar-refractivity contribution in [3.8, 4) is 5.75 Å². The number of ether oxygens (including phenoxy) is 1. The van der Waals surface area contributed by atoms with E-state index in [9.17, 15) is 17.4 Å². The second kappa shape index (κ2) is 9.72. The average Bonchev–Trinajstić information content (AvgIpc) is 2.79. The molecular formula is C21H26N2O5S2. The molecule has 0 saturated carbocycles. The van der Waals surface area contributed by atoms with E-state index in [0.717, 1.165) is 19.3 Å². The van der Waals surface area contributed by atoms with Gasteiger partial charge in [-0.15, -0.1) is 0 Å². The number of hydrogen-bond donors (Lipinski definition) is 1. The molecule has 0 bridgehead atoms. The van der Waals surface area contributed by atoms with E-state index in [0.29, 0.717) is 35.0 Å². The fourth-order valence-corrected chi connectivity index (χ4v) is 6.05. The van der Waals surface area contributed by atoms with Crippen molar-refractivity contribution in [1.29, 1.82) is 0 Å². The minimum atomic E-state index is -3.74. The summed E-state index contributed by atoms with van der Waals surface area (Å²) in [6.07, 6.45) is 2.66. The van der Waals surface area contributed by atoms with Crippen LogP contribution in [0.25, 0.3) is 0 Å². The third kappa shape index (κ3) is 4.74. The largest absolute Gasteiger partial charge is 0.495 e. The zero-order valence-electron chi connectivity index (χ0n) is 17.1. The number of sulfonamides is 1. The Morgan fingerprint density at radius 3 is 2.50 bits per heavy atom. The Morgan fingerprint density at radius 2 is 1.83 bits per heavy atom.